The predicted molar refractivity (Wildman–Crippen MR) is 125 cm³/mol. The van der Waals surface area contributed by atoms with E-state index in [0.29, 0.717) is 49.0 Å². The molecule has 2 aliphatic rings. The molecule has 1 saturated heterocycles. The highest BCUT2D eigenvalue weighted by Gasteiger charge is 2.42. The average molecular weight is 592 g/mol. The molecule has 0 bridgehead atoms. The highest BCUT2D eigenvalue weighted by Crippen LogP contribution is 2.40. The molecule has 1 heterocycles. The zero-order valence-electron chi connectivity index (χ0n) is 20.9. The third-order valence-corrected chi connectivity index (χ3v) is 7.02. The Morgan fingerprint density at radius 1 is 0.683 bits per heavy atom. The van der Waals surface area contributed by atoms with Gasteiger partial charge < -0.3 is 18.9 Å². The van der Waals surface area contributed by atoms with Gasteiger partial charge in [0.1, 0.15) is 28.8 Å². The lowest BCUT2D eigenvalue weighted by atomic mass is 9.76. The summed E-state index contributed by atoms with van der Waals surface area (Å²) in [6, 6.07) is 5.59. The molecule has 2 fully saturated rings. The number of rotatable bonds is 7. The second-order valence-corrected chi connectivity index (χ2v) is 9.76. The Morgan fingerprint density at radius 2 is 1.34 bits per heavy atom. The largest absolute Gasteiger partial charge is 0.573 e. The van der Waals surface area contributed by atoms with Crippen LogP contribution in [0.25, 0.3) is 11.1 Å². The van der Waals surface area contributed by atoms with Crippen LogP contribution >= 0.6 is 0 Å². The predicted octanol–water partition coefficient (Wildman–Crippen LogP) is 8.40. The molecule has 3 aromatic rings. The van der Waals surface area contributed by atoms with Crippen molar-refractivity contribution < 1.29 is 58.5 Å². The van der Waals surface area contributed by atoms with E-state index in [2.05, 4.69) is 9.47 Å². The van der Waals surface area contributed by atoms with Gasteiger partial charge in [0.2, 0.25) is 0 Å². The fourth-order valence-electron chi connectivity index (χ4n) is 4.76. The van der Waals surface area contributed by atoms with Crippen molar-refractivity contribution in [1.29, 1.82) is 0 Å². The molecule has 0 amide bonds. The molecule has 5 rings (SSSR count). The van der Waals surface area contributed by atoms with Crippen LogP contribution in [0, 0.1) is 35.1 Å². The topological polar surface area (TPSA) is 36.9 Å². The SMILES string of the molecule is Fc1cc(OC(F)(F)c2c(F)cc(-c3ccc(C4OCC(C5CCC5)CO4)cc3F)cc2F)ccc1OC(F)(F)F. The molecule has 4 nitrogen and oxygen atoms in total. The van der Waals surface area contributed by atoms with Gasteiger partial charge in [-0.05, 0) is 41.8 Å². The zero-order chi connectivity index (χ0) is 29.5. The number of hydrogen-bond donors (Lipinski definition) is 0. The lowest BCUT2D eigenvalue weighted by Gasteiger charge is -2.38. The molecule has 3 aromatic carbocycles. The third-order valence-electron chi connectivity index (χ3n) is 7.02. The molecule has 0 radical (unpaired) electrons. The van der Waals surface area contributed by atoms with Gasteiger partial charge >= 0.3 is 12.5 Å². The van der Waals surface area contributed by atoms with E-state index in [4.69, 9.17) is 9.47 Å². The van der Waals surface area contributed by atoms with Crippen LogP contribution in [0.1, 0.15) is 36.7 Å². The van der Waals surface area contributed by atoms with Gasteiger partial charge in [-0.25, -0.2) is 17.6 Å². The lowest BCUT2D eigenvalue weighted by molar-refractivity contribution is -0.275. The summed E-state index contributed by atoms with van der Waals surface area (Å²) in [4.78, 5) is 0. The number of halogens is 9. The van der Waals surface area contributed by atoms with Gasteiger partial charge in [-0.15, -0.1) is 13.2 Å². The Bertz CT molecular complexity index is 1390. The second kappa shape index (κ2) is 11.1. The van der Waals surface area contributed by atoms with E-state index in [1.165, 1.54) is 18.6 Å². The van der Waals surface area contributed by atoms with Gasteiger partial charge in [-0.1, -0.05) is 31.4 Å². The van der Waals surface area contributed by atoms with Crippen molar-refractivity contribution in [2.75, 3.05) is 13.2 Å². The Labute approximate surface area is 227 Å². The van der Waals surface area contributed by atoms with E-state index in [9.17, 15) is 39.5 Å². The third kappa shape index (κ3) is 6.40. The van der Waals surface area contributed by atoms with Crippen LogP contribution in [-0.2, 0) is 15.6 Å². The Balaban J connectivity index is 1.32. The number of alkyl halides is 5. The van der Waals surface area contributed by atoms with Crippen molar-refractivity contribution in [3.63, 3.8) is 0 Å². The summed E-state index contributed by atoms with van der Waals surface area (Å²) >= 11 is 0. The lowest BCUT2D eigenvalue weighted by Crippen LogP contribution is -2.35. The molecular formula is C28H21F9O4. The zero-order valence-corrected chi connectivity index (χ0v) is 20.9. The molecule has 0 N–H and O–H groups in total. The molecule has 1 aliphatic heterocycles. The minimum absolute atomic E-state index is 0.128. The normalized spacial score (nSPS) is 20.0. The molecule has 0 aromatic heterocycles. The Morgan fingerprint density at radius 3 is 1.88 bits per heavy atom. The van der Waals surface area contributed by atoms with Crippen molar-refractivity contribution in [3.05, 3.63) is 82.9 Å². The Hall–Kier alpha value is -3.45. The fraction of sp³-hybridized carbons (Fsp3) is 0.357. The number of benzene rings is 3. The molecule has 0 unspecified atom stereocenters. The van der Waals surface area contributed by atoms with Gasteiger partial charge in [-0.3, -0.25) is 0 Å². The van der Waals surface area contributed by atoms with Crippen LogP contribution in [0.3, 0.4) is 0 Å². The minimum Gasteiger partial charge on any atom is -0.429 e. The van der Waals surface area contributed by atoms with Crippen molar-refractivity contribution >= 4 is 0 Å². The highest BCUT2D eigenvalue weighted by molar-refractivity contribution is 5.65. The van der Waals surface area contributed by atoms with E-state index in [0.717, 1.165) is 18.9 Å². The van der Waals surface area contributed by atoms with Crippen LogP contribution in [-0.4, -0.2) is 19.6 Å². The van der Waals surface area contributed by atoms with E-state index < -0.39 is 64.7 Å². The molecule has 1 aliphatic carbocycles. The maximum absolute atomic E-state index is 15.0. The molecule has 13 heteroatoms. The first kappa shape index (κ1) is 29.1. The van der Waals surface area contributed by atoms with E-state index in [1.54, 1.807) is 0 Å². The van der Waals surface area contributed by atoms with Gasteiger partial charge in [-0.2, -0.15) is 8.78 Å². The molecular weight excluding hydrogens is 571 g/mol. The summed E-state index contributed by atoms with van der Waals surface area (Å²) in [7, 11) is 0. The molecule has 0 spiro atoms. The fourth-order valence-corrected chi connectivity index (χ4v) is 4.76. The van der Waals surface area contributed by atoms with E-state index >= 15 is 0 Å². The average Bonchev–Trinajstić information content (AvgIpc) is 2.83. The molecule has 41 heavy (non-hydrogen) atoms. The second-order valence-electron chi connectivity index (χ2n) is 9.76. The smallest absolute Gasteiger partial charge is 0.429 e. The highest BCUT2D eigenvalue weighted by atomic mass is 19.4. The van der Waals surface area contributed by atoms with Crippen LogP contribution in [0.2, 0.25) is 0 Å². The molecule has 1 saturated carbocycles. The van der Waals surface area contributed by atoms with Crippen molar-refractivity contribution in [3.8, 4) is 22.6 Å². The van der Waals surface area contributed by atoms with Crippen molar-refractivity contribution in [2.24, 2.45) is 11.8 Å². The summed E-state index contributed by atoms with van der Waals surface area (Å²) in [5.41, 5.74) is -2.25. The Kier molecular flexibility index (Phi) is 7.86. The van der Waals surface area contributed by atoms with Gasteiger partial charge in [0, 0.05) is 23.1 Å². The van der Waals surface area contributed by atoms with Crippen molar-refractivity contribution in [2.45, 2.75) is 38.0 Å². The van der Waals surface area contributed by atoms with Crippen LogP contribution in [0.5, 0.6) is 11.5 Å². The van der Waals surface area contributed by atoms with E-state index in [1.807, 2.05) is 0 Å². The summed E-state index contributed by atoms with van der Waals surface area (Å²) in [6.45, 7) is 0.899. The standard InChI is InChI=1S/C28H21F9O4/c29-20-8-15(26-38-12-17(13-39-26)14-2-1-3-14)4-6-19(20)16-9-22(31)25(23(32)10-16)27(33,34)40-18-5-7-24(21(30)11-18)41-28(35,36)37/h4-11,14,17,26H,1-3,12-13H2. The summed E-state index contributed by atoms with van der Waals surface area (Å²) in [5.74, 6) is -7.83. The number of hydrogen-bond acceptors (Lipinski definition) is 4. The van der Waals surface area contributed by atoms with Gasteiger partial charge in [0.15, 0.2) is 17.9 Å². The van der Waals surface area contributed by atoms with Crippen LogP contribution in [0.15, 0.2) is 48.5 Å². The summed E-state index contributed by atoms with van der Waals surface area (Å²) in [6.07, 6.45) is -7.43. The maximum atomic E-state index is 15.0. The minimum atomic E-state index is -5.25. The first-order chi connectivity index (χ1) is 19.3. The van der Waals surface area contributed by atoms with Crippen molar-refractivity contribution in [1.82, 2.24) is 0 Å². The maximum Gasteiger partial charge on any atom is 0.573 e. The van der Waals surface area contributed by atoms with E-state index in [-0.39, 0.29) is 17.5 Å². The summed E-state index contributed by atoms with van der Waals surface area (Å²) < 4.78 is 144. The van der Waals surface area contributed by atoms with Gasteiger partial charge in [0.05, 0.1) is 13.2 Å². The quantitative estimate of drug-likeness (QED) is 0.258. The van der Waals surface area contributed by atoms with Crippen LogP contribution < -0.4 is 9.47 Å². The molecule has 220 valence electrons. The van der Waals surface area contributed by atoms with Crippen LogP contribution in [0.4, 0.5) is 39.5 Å². The van der Waals surface area contributed by atoms with Gasteiger partial charge in [0.25, 0.3) is 0 Å². The monoisotopic (exact) mass is 592 g/mol. The first-order valence-corrected chi connectivity index (χ1v) is 12.5. The first-order valence-electron chi connectivity index (χ1n) is 12.5. The summed E-state index contributed by atoms with van der Waals surface area (Å²) in [5, 5.41) is 0. The molecule has 0 atom stereocenters. The number of ether oxygens (including phenoxy) is 4.